The van der Waals surface area contributed by atoms with Gasteiger partial charge in [0.2, 0.25) is 5.95 Å². The Bertz CT molecular complexity index is 615. The Morgan fingerprint density at radius 2 is 1.70 bits per heavy atom. The lowest BCUT2D eigenvalue weighted by Gasteiger charge is -2.35. The second-order valence-electron chi connectivity index (χ2n) is 4.45. The van der Waals surface area contributed by atoms with Gasteiger partial charge in [-0.05, 0) is 6.07 Å². The average molecular weight is 293 g/mol. The monoisotopic (exact) mass is 292 g/mol. The van der Waals surface area contributed by atoms with Crippen LogP contribution < -0.4 is 15.4 Å². The fourth-order valence-electron chi connectivity index (χ4n) is 2.12. The maximum absolute atomic E-state index is 11.0. The largest absolute Gasteiger partial charge is 0.352 e. The topological polar surface area (TPSA) is 78.0 Å². The van der Waals surface area contributed by atoms with E-state index in [2.05, 4.69) is 30.0 Å². The Hall–Kier alpha value is -2.15. The number of aromatic nitrogens is 4. The minimum atomic E-state index is -0.193. The maximum atomic E-state index is 11.0. The fourth-order valence-corrected chi connectivity index (χ4v) is 2.22. The molecule has 0 aromatic carbocycles. The van der Waals surface area contributed by atoms with Crippen molar-refractivity contribution in [1.82, 2.24) is 20.2 Å². The lowest BCUT2D eigenvalue weighted by Crippen LogP contribution is -2.47. The highest BCUT2D eigenvalue weighted by molar-refractivity contribution is 6.30. The van der Waals surface area contributed by atoms with E-state index in [1.54, 1.807) is 18.5 Å². The SMILES string of the molecule is O=c1ccc(N2CCN(c3ncc(Cl)cn3)CC2)n[nH]1. The summed E-state index contributed by atoms with van der Waals surface area (Å²) in [5, 5.41) is 7.01. The van der Waals surface area contributed by atoms with E-state index in [4.69, 9.17) is 11.6 Å². The minimum Gasteiger partial charge on any atom is -0.352 e. The zero-order valence-corrected chi connectivity index (χ0v) is 11.4. The number of aromatic amines is 1. The van der Waals surface area contributed by atoms with Crippen molar-refractivity contribution in [1.29, 1.82) is 0 Å². The van der Waals surface area contributed by atoms with Crippen LogP contribution in [0.2, 0.25) is 5.02 Å². The van der Waals surface area contributed by atoms with Gasteiger partial charge in [-0.25, -0.2) is 15.1 Å². The van der Waals surface area contributed by atoms with Crippen LogP contribution in [0, 0.1) is 0 Å². The molecule has 0 atom stereocenters. The van der Waals surface area contributed by atoms with Crippen LogP contribution in [0.15, 0.2) is 29.3 Å². The first kappa shape index (κ1) is 12.9. The summed E-state index contributed by atoms with van der Waals surface area (Å²) in [6.45, 7) is 3.18. The number of rotatable bonds is 2. The summed E-state index contributed by atoms with van der Waals surface area (Å²) < 4.78 is 0. The van der Waals surface area contributed by atoms with Crippen LogP contribution in [0.5, 0.6) is 0 Å². The third-order valence-corrected chi connectivity index (χ3v) is 3.35. The van der Waals surface area contributed by atoms with Crippen molar-refractivity contribution in [2.75, 3.05) is 36.0 Å². The first-order valence-corrected chi connectivity index (χ1v) is 6.63. The normalized spacial score (nSPS) is 15.4. The van der Waals surface area contributed by atoms with Crippen molar-refractivity contribution in [2.24, 2.45) is 0 Å². The smallest absolute Gasteiger partial charge is 0.264 e. The minimum absolute atomic E-state index is 0.193. The molecule has 2 aromatic rings. The lowest BCUT2D eigenvalue weighted by molar-refractivity contribution is 0.630. The number of anilines is 2. The molecule has 7 nitrogen and oxygen atoms in total. The van der Waals surface area contributed by atoms with Gasteiger partial charge < -0.3 is 9.80 Å². The second kappa shape index (κ2) is 5.46. The summed E-state index contributed by atoms with van der Waals surface area (Å²) in [6.07, 6.45) is 3.19. The second-order valence-corrected chi connectivity index (χ2v) is 4.89. The van der Waals surface area contributed by atoms with Crippen LogP contribution in [0.3, 0.4) is 0 Å². The third-order valence-electron chi connectivity index (χ3n) is 3.16. The Labute approximate surface area is 120 Å². The molecule has 0 radical (unpaired) electrons. The predicted octanol–water partition coefficient (Wildman–Crippen LogP) is 0.540. The molecule has 0 unspecified atom stereocenters. The molecule has 1 fully saturated rings. The Morgan fingerprint density at radius 1 is 1.05 bits per heavy atom. The maximum Gasteiger partial charge on any atom is 0.264 e. The van der Waals surface area contributed by atoms with Crippen LogP contribution in [-0.2, 0) is 0 Å². The molecule has 104 valence electrons. The van der Waals surface area contributed by atoms with Gasteiger partial charge in [-0.1, -0.05) is 11.6 Å². The number of hydrogen-bond donors (Lipinski definition) is 1. The molecule has 0 spiro atoms. The lowest BCUT2D eigenvalue weighted by atomic mass is 10.3. The van der Waals surface area contributed by atoms with Crippen molar-refractivity contribution in [3.8, 4) is 0 Å². The summed E-state index contributed by atoms with van der Waals surface area (Å²) >= 11 is 5.78. The number of piperazine rings is 1. The van der Waals surface area contributed by atoms with Gasteiger partial charge in [-0.2, -0.15) is 5.10 Å². The van der Waals surface area contributed by atoms with Gasteiger partial charge >= 0.3 is 0 Å². The molecule has 0 bridgehead atoms. The highest BCUT2D eigenvalue weighted by Crippen LogP contribution is 2.15. The number of H-pyrrole nitrogens is 1. The van der Waals surface area contributed by atoms with E-state index in [1.165, 1.54) is 6.07 Å². The molecule has 1 N–H and O–H groups in total. The standard InChI is InChI=1S/C12H13ClN6O/c13-9-7-14-12(15-8-9)19-5-3-18(4-6-19)10-1-2-11(20)17-16-10/h1-2,7-8H,3-6H2,(H,17,20). The average Bonchev–Trinajstić information content (AvgIpc) is 2.49. The number of nitrogens with zero attached hydrogens (tertiary/aromatic N) is 5. The van der Waals surface area contributed by atoms with Crippen LogP contribution >= 0.6 is 11.6 Å². The molecular weight excluding hydrogens is 280 g/mol. The molecule has 1 aliphatic heterocycles. The fraction of sp³-hybridized carbons (Fsp3) is 0.333. The molecule has 3 rings (SSSR count). The van der Waals surface area contributed by atoms with E-state index < -0.39 is 0 Å². The van der Waals surface area contributed by atoms with Gasteiger partial charge in [0.05, 0.1) is 17.4 Å². The summed E-state index contributed by atoms with van der Waals surface area (Å²) in [5.41, 5.74) is -0.193. The van der Waals surface area contributed by atoms with Crippen LogP contribution in [0.1, 0.15) is 0 Å². The van der Waals surface area contributed by atoms with Crippen LogP contribution in [0.25, 0.3) is 0 Å². The summed E-state index contributed by atoms with van der Waals surface area (Å²) in [6, 6.07) is 3.21. The van der Waals surface area contributed by atoms with Gasteiger partial charge in [0.15, 0.2) is 0 Å². The molecule has 0 amide bonds. The molecule has 8 heteroatoms. The highest BCUT2D eigenvalue weighted by atomic mass is 35.5. The Morgan fingerprint density at radius 3 is 2.30 bits per heavy atom. The van der Waals surface area contributed by atoms with Gasteiger partial charge in [-0.3, -0.25) is 4.79 Å². The first-order chi connectivity index (χ1) is 9.72. The quantitative estimate of drug-likeness (QED) is 0.870. The molecular formula is C12H13ClN6O. The summed E-state index contributed by atoms with van der Waals surface area (Å²) in [5.74, 6) is 1.46. The molecule has 1 aliphatic rings. The number of nitrogens with one attached hydrogen (secondary N) is 1. The van der Waals surface area contributed by atoms with E-state index in [9.17, 15) is 4.79 Å². The van der Waals surface area contributed by atoms with E-state index in [0.717, 1.165) is 32.0 Å². The molecule has 2 aromatic heterocycles. The zero-order chi connectivity index (χ0) is 13.9. The number of hydrogen-bond acceptors (Lipinski definition) is 6. The molecule has 1 saturated heterocycles. The van der Waals surface area contributed by atoms with E-state index in [0.29, 0.717) is 11.0 Å². The molecule has 3 heterocycles. The van der Waals surface area contributed by atoms with Crippen LogP contribution in [-0.4, -0.2) is 46.3 Å². The molecule has 20 heavy (non-hydrogen) atoms. The summed E-state index contributed by atoms with van der Waals surface area (Å²) in [4.78, 5) is 23.6. The van der Waals surface area contributed by atoms with Gasteiger partial charge in [0, 0.05) is 32.2 Å². The Kier molecular flexibility index (Phi) is 3.51. The van der Waals surface area contributed by atoms with Gasteiger partial charge in [-0.15, -0.1) is 0 Å². The van der Waals surface area contributed by atoms with Gasteiger partial charge in [0.25, 0.3) is 5.56 Å². The number of halogens is 1. The van der Waals surface area contributed by atoms with Crippen molar-refractivity contribution in [3.63, 3.8) is 0 Å². The Balaban J connectivity index is 1.66. The molecule has 0 saturated carbocycles. The predicted molar refractivity (Wildman–Crippen MR) is 76.3 cm³/mol. The van der Waals surface area contributed by atoms with Crippen molar-refractivity contribution in [3.05, 3.63) is 39.9 Å². The van der Waals surface area contributed by atoms with E-state index >= 15 is 0 Å². The zero-order valence-electron chi connectivity index (χ0n) is 10.7. The van der Waals surface area contributed by atoms with Crippen molar-refractivity contribution >= 4 is 23.4 Å². The first-order valence-electron chi connectivity index (χ1n) is 6.25. The third kappa shape index (κ3) is 2.72. The van der Waals surface area contributed by atoms with E-state index in [1.807, 2.05) is 0 Å². The van der Waals surface area contributed by atoms with Crippen molar-refractivity contribution in [2.45, 2.75) is 0 Å². The summed E-state index contributed by atoms with van der Waals surface area (Å²) in [7, 11) is 0. The molecule has 0 aliphatic carbocycles. The van der Waals surface area contributed by atoms with E-state index in [-0.39, 0.29) is 5.56 Å². The van der Waals surface area contributed by atoms with Gasteiger partial charge in [0.1, 0.15) is 5.82 Å². The highest BCUT2D eigenvalue weighted by Gasteiger charge is 2.19. The van der Waals surface area contributed by atoms with Crippen molar-refractivity contribution < 1.29 is 0 Å². The van der Waals surface area contributed by atoms with Crippen LogP contribution in [0.4, 0.5) is 11.8 Å².